The molecule has 0 spiro atoms. The van der Waals surface area contributed by atoms with Crippen LogP contribution in [0.4, 0.5) is 0 Å². The molecule has 2 aromatic rings. The van der Waals surface area contributed by atoms with Gasteiger partial charge in [-0.15, -0.1) is 0 Å². The Hall–Kier alpha value is -1.09. The van der Waals surface area contributed by atoms with Crippen molar-refractivity contribution in [3.8, 4) is 0 Å². The summed E-state index contributed by atoms with van der Waals surface area (Å²) in [6.07, 6.45) is 3.39. The van der Waals surface area contributed by atoms with E-state index < -0.39 is 0 Å². The summed E-state index contributed by atoms with van der Waals surface area (Å²) < 4.78 is 0. The Bertz CT molecular complexity index is 283. The molecule has 0 aliphatic carbocycles. The number of hydrogen-bond donors (Lipinski definition) is 0. The molecule has 1 aromatic heterocycles. The van der Waals surface area contributed by atoms with Gasteiger partial charge in [-0.25, -0.2) is 0 Å². The number of hydrogen-bond acceptors (Lipinski definition) is 2. The van der Waals surface area contributed by atoms with Crippen molar-refractivity contribution in [2.75, 3.05) is 0 Å². The van der Waals surface area contributed by atoms with E-state index in [0.29, 0.717) is 0 Å². The molecule has 11 heavy (non-hydrogen) atoms. The van der Waals surface area contributed by atoms with Crippen molar-refractivity contribution in [3.05, 3.63) is 36.7 Å². The van der Waals surface area contributed by atoms with Gasteiger partial charge in [-0.3, -0.25) is 9.97 Å². The number of fused-ring (bicyclic) bond motifs is 1. The molecule has 0 amide bonds. The Morgan fingerprint density at radius 2 is 1.27 bits per heavy atom. The molecule has 0 N–H and O–H groups in total. The van der Waals surface area contributed by atoms with Crippen molar-refractivity contribution in [1.82, 2.24) is 9.97 Å². The molecule has 1 heterocycles. The summed E-state index contributed by atoms with van der Waals surface area (Å²) in [6.45, 7) is 0. The topological polar surface area (TPSA) is 25.8 Å². The van der Waals surface area contributed by atoms with Crippen LogP contribution in [0.5, 0.6) is 0 Å². The van der Waals surface area contributed by atoms with E-state index in [4.69, 9.17) is 0 Å². The minimum absolute atomic E-state index is 0. The van der Waals surface area contributed by atoms with Crippen molar-refractivity contribution in [1.29, 1.82) is 0 Å². The molecule has 0 bridgehead atoms. The van der Waals surface area contributed by atoms with Crippen LogP contribution in [0.1, 0.15) is 0 Å². The van der Waals surface area contributed by atoms with Crippen LogP contribution in [-0.2, 0) is 0 Å². The highest BCUT2D eigenvalue weighted by Gasteiger charge is 1.88. The molecule has 0 aliphatic rings. The van der Waals surface area contributed by atoms with Gasteiger partial charge in [0, 0.05) is 12.4 Å². The lowest BCUT2D eigenvalue weighted by Gasteiger charge is -1.90. The first kappa shape index (κ1) is 8.01. The second kappa shape index (κ2) is 3.34. The zero-order valence-electron chi connectivity index (χ0n) is 5.86. The monoisotopic (exact) mass is 164 g/mol. The predicted molar refractivity (Wildman–Crippen MR) is 49.9 cm³/mol. The van der Waals surface area contributed by atoms with E-state index in [0.717, 1.165) is 11.0 Å². The van der Waals surface area contributed by atoms with Gasteiger partial charge >= 0.3 is 0 Å². The number of rotatable bonds is 0. The Labute approximate surface area is 71.7 Å². The molecule has 0 unspecified atom stereocenters. The molecule has 0 saturated carbocycles. The third kappa shape index (κ3) is 1.49. The second-order valence-corrected chi connectivity index (χ2v) is 2.05. The highest BCUT2D eigenvalue weighted by molar-refractivity contribution is 7.59. The van der Waals surface area contributed by atoms with Crippen LogP contribution in [0.15, 0.2) is 36.7 Å². The van der Waals surface area contributed by atoms with Gasteiger partial charge in [0.05, 0.1) is 11.0 Å². The quantitative estimate of drug-likeness (QED) is 0.592. The molecule has 0 radical (unpaired) electrons. The van der Waals surface area contributed by atoms with Crippen LogP contribution in [0, 0.1) is 0 Å². The highest BCUT2D eigenvalue weighted by Crippen LogP contribution is 2.04. The van der Waals surface area contributed by atoms with E-state index in [9.17, 15) is 0 Å². The molecule has 56 valence electrons. The summed E-state index contributed by atoms with van der Waals surface area (Å²) in [5.41, 5.74) is 1.90. The maximum absolute atomic E-state index is 4.12. The first-order chi connectivity index (χ1) is 4.97. The van der Waals surface area contributed by atoms with E-state index in [-0.39, 0.29) is 13.5 Å². The summed E-state index contributed by atoms with van der Waals surface area (Å²) in [4.78, 5) is 8.24. The molecule has 2 nitrogen and oxygen atoms in total. The SMILES string of the molecule is S.c1ccc2nccnc2c1. The van der Waals surface area contributed by atoms with E-state index in [1.54, 1.807) is 12.4 Å². The van der Waals surface area contributed by atoms with E-state index in [1.807, 2.05) is 24.3 Å². The molecular weight excluding hydrogens is 156 g/mol. The fourth-order valence-corrected chi connectivity index (χ4v) is 0.910. The van der Waals surface area contributed by atoms with Crippen LogP contribution in [-0.4, -0.2) is 9.97 Å². The Balaban J connectivity index is 0.000000605. The molecule has 3 heteroatoms. The number of para-hydroxylation sites is 2. The molecule has 0 fully saturated rings. The minimum Gasteiger partial charge on any atom is -0.253 e. The van der Waals surface area contributed by atoms with Crippen LogP contribution >= 0.6 is 13.5 Å². The third-order valence-corrected chi connectivity index (χ3v) is 1.38. The zero-order valence-corrected chi connectivity index (χ0v) is 6.86. The van der Waals surface area contributed by atoms with Crippen molar-refractivity contribution < 1.29 is 0 Å². The lowest BCUT2D eigenvalue weighted by atomic mass is 10.3. The van der Waals surface area contributed by atoms with Crippen molar-refractivity contribution in [2.45, 2.75) is 0 Å². The normalized spacial score (nSPS) is 9.09. The van der Waals surface area contributed by atoms with Crippen LogP contribution in [0.2, 0.25) is 0 Å². The highest BCUT2D eigenvalue weighted by atomic mass is 32.1. The first-order valence-electron chi connectivity index (χ1n) is 3.12. The average molecular weight is 164 g/mol. The van der Waals surface area contributed by atoms with Crippen molar-refractivity contribution in [2.24, 2.45) is 0 Å². The smallest absolute Gasteiger partial charge is 0.0886 e. The molecule has 1 aromatic carbocycles. The van der Waals surface area contributed by atoms with Crippen molar-refractivity contribution >= 4 is 24.5 Å². The fraction of sp³-hybridized carbons (Fsp3) is 0. The van der Waals surface area contributed by atoms with Gasteiger partial charge in [-0.1, -0.05) is 12.1 Å². The van der Waals surface area contributed by atoms with Gasteiger partial charge in [0.2, 0.25) is 0 Å². The van der Waals surface area contributed by atoms with E-state index in [1.165, 1.54) is 0 Å². The summed E-state index contributed by atoms with van der Waals surface area (Å²) in [5, 5.41) is 0. The standard InChI is InChI=1S/C8H6N2.H2S/c1-2-4-8-7(3-1)9-5-6-10-8;/h1-6H;1H2. The van der Waals surface area contributed by atoms with Crippen LogP contribution in [0.3, 0.4) is 0 Å². The largest absolute Gasteiger partial charge is 0.253 e. The lowest BCUT2D eigenvalue weighted by molar-refractivity contribution is 1.29. The second-order valence-electron chi connectivity index (χ2n) is 2.05. The van der Waals surface area contributed by atoms with Gasteiger partial charge in [0.1, 0.15) is 0 Å². The third-order valence-electron chi connectivity index (χ3n) is 1.38. The molecular formula is C8H8N2S. The number of aromatic nitrogens is 2. The van der Waals surface area contributed by atoms with E-state index in [2.05, 4.69) is 9.97 Å². The minimum atomic E-state index is 0. The van der Waals surface area contributed by atoms with E-state index >= 15 is 0 Å². The summed E-state index contributed by atoms with van der Waals surface area (Å²) >= 11 is 0. The summed E-state index contributed by atoms with van der Waals surface area (Å²) in [7, 11) is 0. The summed E-state index contributed by atoms with van der Waals surface area (Å²) in [5.74, 6) is 0. The molecule has 0 aliphatic heterocycles. The van der Waals surface area contributed by atoms with Crippen LogP contribution in [0.25, 0.3) is 11.0 Å². The van der Waals surface area contributed by atoms with Crippen LogP contribution < -0.4 is 0 Å². The Kier molecular flexibility index (Phi) is 2.44. The Morgan fingerprint density at radius 3 is 1.73 bits per heavy atom. The molecule has 2 rings (SSSR count). The van der Waals surface area contributed by atoms with Crippen molar-refractivity contribution in [3.63, 3.8) is 0 Å². The molecule has 0 saturated heterocycles. The molecule has 0 atom stereocenters. The lowest BCUT2D eigenvalue weighted by Crippen LogP contribution is -1.78. The predicted octanol–water partition coefficient (Wildman–Crippen LogP) is 1.74. The van der Waals surface area contributed by atoms with Gasteiger partial charge in [0.15, 0.2) is 0 Å². The number of nitrogens with zero attached hydrogens (tertiary/aromatic N) is 2. The first-order valence-corrected chi connectivity index (χ1v) is 3.12. The zero-order chi connectivity index (χ0) is 6.81. The van der Waals surface area contributed by atoms with Gasteiger partial charge in [0.25, 0.3) is 0 Å². The van der Waals surface area contributed by atoms with Gasteiger partial charge < -0.3 is 0 Å². The maximum atomic E-state index is 4.12. The Morgan fingerprint density at radius 1 is 0.818 bits per heavy atom. The fourth-order valence-electron chi connectivity index (χ4n) is 0.910. The van der Waals surface area contributed by atoms with Gasteiger partial charge in [-0.2, -0.15) is 13.5 Å². The number of benzene rings is 1. The van der Waals surface area contributed by atoms with Gasteiger partial charge in [-0.05, 0) is 12.1 Å². The average Bonchev–Trinajstić information content (AvgIpc) is 2.05. The maximum Gasteiger partial charge on any atom is 0.0886 e. The summed E-state index contributed by atoms with van der Waals surface area (Å²) in [6, 6.07) is 7.80.